The second kappa shape index (κ2) is 6.14. The van der Waals surface area contributed by atoms with Crippen molar-refractivity contribution in [3.63, 3.8) is 0 Å². The summed E-state index contributed by atoms with van der Waals surface area (Å²) in [4.78, 5) is 5.91. The first-order valence-corrected chi connectivity index (χ1v) is 6.25. The van der Waals surface area contributed by atoms with Gasteiger partial charge in [0.15, 0.2) is 0 Å². The lowest BCUT2D eigenvalue weighted by Gasteiger charge is -2.01. The van der Waals surface area contributed by atoms with Gasteiger partial charge in [-0.2, -0.15) is 0 Å². The molecule has 3 heteroatoms. The zero-order chi connectivity index (χ0) is 10.4. The molecule has 0 aromatic carbocycles. The van der Waals surface area contributed by atoms with E-state index in [-0.39, 0.29) is 0 Å². The predicted molar refractivity (Wildman–Crippen MR) is 62.8 cm³/mol. The summed E-state index contributed by atoms with van der Waals surface area (Å²) >= 11 is 1.84. The molecule has 0 atom stereocenters. The molecule has 1 aromatic heterocycles. The molecule has 0 aliphatic carbocycles. The molecule has 0 aliphatic heterocycles. The van der Waals surface area contributed by atoms with Crippen molar-refractivity contribution in [2.45, 2.75) is 46.6 Å². The fraction of sp³-hybridized carbons (Fsp3) is 0.727. The standard InChI is InChI=1S/C11H20N2S/c1-4-6-7-12-8-10-9(3)13-11(5-2)14-10/h12H,4-8H2,1-3H3. The normalized spacial score (nSPS) is 10.8. The van der Waals surface area contributed by atoms with E-state index < -0.39 is 0 Å². The molecule has 1 aromatic rings. The zero-order valence-corrected chi connectivity index (χ0v) is 10.2. The third kappa shape index (κ3) is 3.39. The van der Waals surface area contributed by atoms with E-state index in [4.69, 9.17) is 0 Å². The van der Waals surface area contributed by atoms with Crippen molar-refractivity contribution < 1.29 is 0 Å². The van der Waals surface area contributed by atoms with E-state index in [9.17, 15) is 0 Å². The Morgan fingerprint density at radius 2 is 2.14 bits per heavy atom. The van der Waals surface area contributed by atoms with Gasteiger partial charge in [-0.1, -0.05) is 20.3 Å². The molecule has 0 saturated heterocycles. The van der Waals surface area contributed by atoms with Gasteiger partial charge in [0.1, 0.15) is 0 Å². The van der Waals surface area contributed by atoms with Gasteiger partial charge in [-0.15, -0.1) is 11.3 Å². The first kappa shape index (κ1) is 11.7. The SMILES string of the molecule is CCCCNCc1sc(CC)nc1C. The second-order valence-electron chi connectivity index (χ2n) is 3.50. The quantitative estimate of drug-likeness (QED) is 0.733. The molecule has 0 spiro atoms. The highest BCUT2D eigenvalue weighted by Gasteiger charge is 2.04. The van der Waals surface area contributed by atoms with Gasteiger partial charge in [0, 0.05) is 11.4 Å². The minimum Gasteiger partial charge on any atom is -0.312 e. The highest BCUT2D eigenvalue weighted by molar-refractivity contribution is 7.11. The van der Waals surface area contributed by atoms with Crippen LogP contribution >= 0.6 is 11.3 Å². The molecule has 2 nitrogen and oxygen atoms in total. The van der Waals surface area contributed by atoms with Gasteiger partial charge in [-0.25, -0.2) is 4.98 Å². The van der Waals surface area contributed by atoms with E-state index >= 15 is 0 Å². The Morgan fingerprint density at radius 1 is 1.36 bits per heavy atom. The van der Waals surface area contributed by atoms with Crippen molar-refractivity contribution >= 4 is 11.3 Å². The Labute approximate surface area is 90.8 Å². The van der Waals surface area contributed by atoms with Crippen molar-refractivity contribution in [1.82, 2.24) is 10.3 Å². The molecule has 0 saturated carbocycles. The lowest BCUT2D eigenvalue weighted by atomic mass is 10.3. The molecule has 80 valence electrons. The van der Waals surface area contributed by atoms with Gasteiger partial charge >= 0.3 is 0 Å². The van der Waals surface area contributed by atoms with Gasteiger partial charge in [-0.05, 0) is 26.3 Å². The van der Waals surface area contributed by atoms with Gasteiger partial charge < -0.3 is 5.32 Å². The fourth-order valence-electron chi connectivity index (χ4n) is 1.31. The van der Waals surface area contributed by atoms with Crippen LogP contribution < -0.4 is 5.32 Å². The first-order valence-electron chi connectivity index (χ1n) is 5.43. The molecule has 0 fully saturated rings. The van der Waals surface area contributed by atoms with Crippen LogP contribution in [0.15, 0.2) is 0 Å². The first-order chi connectivity index (χ1) is 6.77. The van der Waals surface area contributed by atoms with Crippen molar-refractivity contribution in [3.05, 3.63) is 15.6 Å². The number of nitrogens with one attached hydrogen (secondary N) is 1. The topological polar surface area (TPSA) is 24.9 Å². The van der Waals surface area contributed by atoms with Crippen LogP contribution in [-0.2, 0) is 13.0 Å². The highest BCUT2D eigenvalue weighted by atomic mass is 32.1. The summed E-state index contributed by atoms with van der Waals surface area (Å²) in [6.45, 7) is 8.59. The molecule has 1 rings (SSSR count). The van der Waals surface area contributed by atoms with E-state index in [1.54, 1.807) is 0 Å². The van der Waals surface area contributed by atoms with Crippen LogP contribution in [0.25, 0.3) is 0 Å². The Hall–Kier alpha value is -0.410. The van der Waals surface area contributed by atoms with Crippen LogP contribution in [0.2, 0.25) is 0 Å². The number of hydrogen-bond acceptors (Lipinski definition) is 3. The summed E-state index contributed by atoms with van der Waals surface area (Å²) in [7, 11) is 0. The molecule has 1 heterocycles. The smallest absolute Gasteiger partial charge is 0.0928 e. The van der Waals surface area contributed by atoms with Crippen LogP contribution in [0.1, 0.15) is 42.3 Å². The number of nitrogens with zero attached hydrogens (tertiary/aromatic N) is 1. The van der Waals surface area contributed by atoms with Gasteiger partial charge in [0.2, 0.25) is 0 Å². The third-order valence-electron chi connectivity index (χ3n) is 2.23. The summed E-state index contributed by atoms with van der Waals surface area (Å²) in [5, 5.41) is 4.71. The number of hydrogen-bond donors (Lipinski definition) is 1. The number of aryl methyl sites for hydroxylation is 2. The molecule has 1 N–H and O–H groups in total. The molecule has 0 unspecified atom stereocenters. The maximum Gasteiger partial charge on any atom is 0.0928 e. The molecule has 0 amide bonds. The molecule has 14 heavy (non-hydrogen) atoms. The van der Waals surface area contributed by atoms with E-state index in [2.05, 4.69) is 31.1 Å². The van der Waals surface area contributed by atoms with Gasteiger partial charge in [-0.3, -0.25) is 0 Å². The Balaban J connectivity index is 2.38. The van der Waals surface area contributed by atoms with Gasteiger partial charge in [0.05, 0.1) is 10.7 Å². The van der Waals surface area contributed by atoms with E-state index in [1.807, 2.05) is 11.3 Å². The number of aromatic nitrogens is 1. The highest BCUT2D eigenvalue weighted by Crippen LogP contribution is 2.17. The van der Waals surface area contributed by atoms with Crippen LogP contribution in [0.3, 0.4) is 0 Å². The zero-order valence-electron chi connectivity index (χ0n) is 9.39. The average Bonchev–Trinajstić information content (AvgIpc) is 2.54. The molecule has 0 radical (unpaired) electrons. The maximum atomic E-state index is 4.51. The lowest BCUT2D eigenvalue weighted by Crippen LogP contribution is -2.14. The predicted octanol–water partition coefficient (Wildman–Crippen LogP) is 2.90. The monoisotopic (exact) mass is 212 g/mol. The Morgan fingerprint density at radius 3 is 2.71 bits per heavy atom. The second-order valence-corrected chi connectivity index (χ2v) is 4.67. The van der Waals surface area contributed by atoms with Gasteiger partial charge in [0.25, 0.3) is 0 Å². The average molecular weight is 212 g/mol. The van der Waals surface area contributed by atoms with Crippen molar-refractivity contribution in [1.29, 1.82) is 0 Å². The number of thiazole rings is 1. The van der Waals surface area contributed by atoms with Crippen molar-refractivity contribution in [2.24, 2.45) is 0 Å². The van der Waals surface area contributed by atoms with Crippen molar-refractivity contribution in [2.75, 3.05) is 6.54 Å². The summed E-state index contributed by atoms with van der Waals surface area (Å²) < 4.78 is 0. The van der Waals surface area contributed by atoms with Crippen LogP contribution in [0, 0.1) is 6.92 Å². The van der Waals surface area contributed by atoms with Crippen LogP contribution in [-0.4, -0.2) is 11.5 Å². The lowest BCUT2D eigenvalue weighted by molar-refractivity contribution is 0.644. The summed E-state index contributed by atoms with van der Waals surface area (Å²) in [5.74, 6) is 0. The minimum absolute atomic E-state index is 0.990. The molecular weight excluding hydrogens is 192 g/mol. The number of unbranched alkanes of at least 4 members (excludes halogenated alkanes) is 1. The van der Waals surface area contributed by atoms with E-state index in [0.717, 1.165) is 19.5 Å². The fourth-order valence-corrected chi connectivity index (χ4v) is 2.29. The molecule has 0 aliphatic rings. The Kier molecular flexibility index (Phi) is 5.12. The Bertz CT molecular complexity index is 268. The number of rotatable bonds is 6. The summed E-state index contributed by atoms with van der Waals surface area (Å²) in [6, 6.07) is 0. The van der Waals surface area contributed by atoms with Crippen LogP contribution in [0.5, 0.6) is 0 Å². The van der Waals surface area contributed by atoms with E-state index in [1.165, 1.54) is 28.4 Å². The van der Waals surface area contributed by atoms with Crippen molar-refractivity contribution in [3.8, 4) is 0 Å². The molecule has 0 bridgehead atoms. The third-order valence-corrected chi connectivity index (χ3v) is 3.53. The van der Waals surface area contributed by atoms with E-state index in [0.29, 0.717) is 0 Å². The summed E-state index contributed by atoms with van der Waals surface area (Å²) in [6.07, 6.45) is 3.58. The van der Waals surface area contributed by atoms with Crippen LogP contribution in [0.4, 0.5) is 0 Å². The maximum absolute atomic E-state index is 4.51. The molecular formula is C11H20N2S. The minimum atomic E-state index is 0.990. The largest absolute Gasteiger partial charge is 0.312 e. The summed E-state index contributed by atoms with van der Waals surface area (Å²) in [5.41, 5.74) is 1.20.